The summed E-state index contributed by atoms with van der Waals surface area (Å²) in [5.74, 6) is 0.208. The molecule has 3 rings (SSSR count). The minimum Gasteiger partial charge on any atom is -0.337 e. The van der Waals surface area contributed by atoms with Crippen LogP contribution in [0.3, 0.4) is 0 Å². The number of amides is 2. The van der Waals surface area contributed by atoms with Crippen molar-refractivity contribution in [2.75, 3.05) is 38.5 Å². The van der Waals surface area contributed by atoms with Gasteiger partial charge in [-0.25, -0.2) is 0 Å². The van der Waals surface area contributed by atoms with Crippen LogP contribution >= 0.6 is 0 Å². The first kappa shape index (κ1) is 21.0. The fraction of sp³-hybridized carbons (Fsp3) is 0.524. The van der Waals surface area contributed by atoms with Gasteiger partial charge in [-0.15, -0.1) is 0 Å². The molecule has 1 aromatic carbocycles. The topological polar surface area (TPSA) is 94.2 Å². The van der Waals surface area contributed by atoms with Gasteiger partial charge in [0.1, 0.15) is 0 Å². The van der Waals surface area contributed by atoms with Gasteiger partial charge in [0.2, 0.25) is 5.91 Å². The molecule has 1 aromatic heterocycles. The molecule has 2 amide bonds. The number of H-pyrrole nitrogens is 1. The highest BCUT2D eigenvalue weighted by atomic mass is 16.2. The molecule has 0 radical (unpaired) electrons. The zero-order valence-electron chi connectivity index (χ0n) is 17.6. The normalized spacial score (nSPS) is 17.0. The third-order valence-corrected chi connectivity index (χ3v) is 5.23. The highest BCUT2D eigenvalue weighted by Gasteiger charge is 2.29. The zero-order valence-corrected chi connectivity index (χ0v) is 17.6. The van der Waals surface area contributed by atoms with E-state index >= 15 is 0 Å². The Morgan fingerprint density at radius 1 is 1.28 bits per heavy atom. The van der Waals surface area contributed by atoms with Crippen molar-refractivity contribution in [2.24, 2.45) is 5.92 Å². The minimum atomic E-state index is -0.0969. The van der Waals surface area contributed by atoms with E-state index in [1.165, 1.54) is 11.8 Å². The molecule has 1 aliphatic heterocycles. The van der Waals surface area contributed by atoms with Crippen molar-refractivity contribution in [2.45, 2.75) is 32.6 Å². The molecular formula is C21H30N6O2. The molecule has 8 heteroatoms. The minimum absolute atomic E-state index is 0.0375. The number of hydrogen-bond donors (Lipinski definition) is 2. The number of anilines is 1. The summed E-state index contributed by atoms with van der Waals surface area (Å²) in [5.41, 5.74) is 2.48. The third-order valence-electron chi connectivity index (χ3n) is 5.23. The Hall–Kier alpha value is -2.74. The van der Waals surface area contributed by atoms with Crippen LogP contribution in [0, 0.1) is 5.92 Å². The van der Waals surface area contributed by atoms with Crippen molar-refractivity contribution >= 4 is 17.5 Å². The Morgan fingerprint density at radius 2 is 2.00 bits per heavy atom. The maximum atomic E-state index is 12.4. The second-order valence-electron chi connectivity index (χ2n) is 8.83. The van der Waals surface area contributed by atoms with E-state index in [1.54, 1.807) is 4.90 Å². The van der Waals surface area contributed by atoms with Gasteiger partial charge < -0.3 is 10.2 Å². The molecule has 29 heavy (non-hydrogen) atoms. The molecule has 1 saturated heterocycles. The molecule has 0 saturated carbocycles. The molecule has 0 aliphatic carbocycles. The molecule has 2 heterocycles. The van der Waals surface area contributed by atoms with Gasteiger partial charge in [0.15, 0.2) is 5.69 Å². The van der Waals surface area contributed by atoms with Gasteiger partial charge in [-0.3, -0.25) is 14.5 Å². The van der Waals surface area contributed by atoms with Crippen LogP contribution in [0.15, 0.2) is 30.5 Å². The van der Waals surface area contributed by atoms with E-state index in [9.17, 15) is 9.59 Å². The van der Waals surface area contributed by atoms with Crippen LogP contribution in [0.5, 0.6) is 0 Å². The van der Waals surface area contributed by atoms with Gasteiger partial charge in [0.25, 0.3) is 5.91 Å². The highest BCUT2D eigenvalue weighted by molar-refractivity contribution is 5.92. The van der Waals surface area contributed by atoms with Gasteiger partial charge in [-0.05, 0) is 42.5 Å². The summed E-state index contributed by atoms with van der Waals surface area (Å²) in [6, 6.07) is 8.00. The van der Waals surface area contributed by atoms with E-state index in [4.69, 9.17) is 0 Å². The fourth-order valence-corrected chi connectivity index (χ4v) is 3.64. The van der Waals surface area contributed by atoms with E-state index in [-0.39, 0.29) is 17.2 Å². The van der Waals surface area contributed by atoms with Crippen LogP contribution in [0.4, 0.5) is 5.69 Å². The number of carbonyl (C=O) groups excluding carboxylic acids is 2. The van der Waals surface area contributed by atoms with Gasteiger partial charge in [0.05, 0.1) is 12.7 Å². The number of aromatic nitrogens is 3. The van der Waals surface area contributed by atoms with Gasteiger partial charge in [-0.2, -0.15) is 15.4 Å². The summed E-state index contributed by atoms with van der Waals surface area (Å²) in [6.45, 7) is 8.95. The van der Waals surface area contributed by atoms with Crippen molar-refractivity contribution in [3.8, 4) is 0 Å². The molecule has 8 nitrogen and oxygen atoms in total. The smallest absolute Gasteiger partial charge is 0.276 e. The molecule has 2 N–H and O–H groups in total. The van der Waals surface area contributed by atoms with Crippen molar-refractivity contribution in [3.63, 3.8) is 0 Å². The number of rotatable bonds is 6. The summed E-state index contributed by atoms with van der Waals surface area (Å²) < 4.78 is 0. The Labute approximate surface area is 171 Å². The Balaban J connectivity index is 1.44. The monoisotopic (exact) mass is 398 g/mol. The number of nitrogens with zero attached hydrogens (tertiary/aromatic N) is 4. The Morgan fingerprint density at radius 3 is 2.62 bits per heavy atom. The van der Waals surface area contributed by atoms with E-state index in [0.717, 1.165) is 18.7 Å². The first-order chi connectivity index (χ1) is 13.7. The highest BCUT2D eigenvalue weighted by Crippen LogP contribution is 2.23. The summed E-state index contributed by atoms with van der Waals surface area (Å²) >= 11 is 0. The number of benzene rings is 1. The number of nitrogens with one attached hydrogen (secondary N) is 2. The zero-order chi connectivity index (χ0) is 21.0. The number of carbonyl (C=O) groups is 2. The van der Waals surface area contributed by atoms with Crippen LogP contribution in [0.1, 0.15) is 43.2 Å². The Bertz CT molecular complexity index is 826. The van der Waals surface area contributed by atoms with E-state index in [1.807, 2.05) is 24.1 Å². The molecular weight excluding hydrogens is 368 g/mol. The van der Waals surface area contributed by atoms with Gasteiger partial charge in [-0.1, -0.05) is 32.9 Å². The van der Waals surface area contributed by atoms with Crippen molar-refractivity contribution in [3.05, 3.63) is 41.7 Å². The predicted molar refractivity (Wildman–Crippen MR) is 112 cm³/mol. The second-order valence-corrected chi connectivity index (χ2v) is 8.83. The molecule has 1 atom stereocenters. The van der Waals surface area contributed by atoms with E-state index < -0.39 is 0 Å². The quantitative estimate of drug-likeness (QED) is 0.777. The molecule has 0 spiro atoms. The number of likely N-dealkylation sites (tertiary alicyclic amines) is 1. The average molecular weight is 399 g/mol. The van der Waals surface area contributed by atoms with Crippen LogP contribution in [0.25, 0.3) is 0 Å². The predicted octanol–water partition coefficient (Wildman–Crippen LogP) is 2.13. The summed E-state index contributed by atoms with van der Waals surface area (Å²) in [4.78, 5) is 28.5. The lowest BCUT2D eigenvalue weighted by molar-refractivity contribution is -0.117. The molecule has 156 valence electrons. The van der Waals surface area contributed by atoms with Crippen molar-refractivity contribution in [1.29, 1.82) is 0 Å². The summed E-state index contributed by atoms with van der Waals surface area (Å²) in [6.07, 6.45) is 2.37. The molecule has 2 aromatic rings. The summed E-state index contributed by atoms with van der Waals surface area (Å²) in [5, 5.41) is 13.0. The standard InChI is InChI=1S/C21H30N6O2/c1-21(2,3)16-5-7-17(8-6-16)23-19(28)14-26(4)12-15-9-10-27(13-15)20(29)18-11-22-25-24-18/h5-8,11,15H,9-10,12-14H2,1-4H3,(H,23,28)(H,22,24,25). The maximum Gasteiger partial charge on any atom is 0.276 e. The van der Waals surface area contributed by atoms with E-state index in [2.05, 4.69) is 53.6 Å². The number of hydrogen-bond acceptors (Lipinski definition) is 5. The van der Waals surface area contributed by atoms with Crippen molar-refractivity contribution < 1.29 is 9.59 Å². The fourth-order valence-electron chi connectivity index (χ4n) is 3.64. The number of aromatic amines is 1. The molecule has 1 aliphatic rings. The lowest BCUT2D eigenvalue weighted by atomic mass is 9.87. The first-order valence-corrected chi connectivity index (χ1v) is 9.96. The Kier molecular flexibility index (Phi) is 6.32. The lowest BCUT2D eigenvalue weighted by Gasteiger charge is -2.21. The van der Waals surface area contributed by atoms with Crippen LogP contribution in [0.2, 0.25) is 0 Å². The second kappa shape index (κ2) is 8.73. The van der Waals surface area contributed by atoms with E-state index in [0.29, 0.717) is 31.2 Å². The van der Waals surface area contributed by atoms with Crippen LogP contribution in [-0.4, -0.2) is 70.3 Å². The van der Waals surface area contributed by atoms with Crippen molar-refractivity contribution in [1.82, 2.24) is 25.2 Å². The largest absolute Gasteiger partial charge is 0.337 e. The molecule has 0 bridgehead atoms. The summed E-state index contributed by atoms with van der Waals surface area (Å²) in [7, 11) is 1.93. The van der Waals surface area contributed by atoms with Crippen LogP contribution < -0.4 is 5.32 Å². The lowest BCUT2D eigenvalue weighted by Crippen LogP contribution is -2.35. The van der Waals surface area contributed by atoms with Crippen LogP contribution in [-0.2, 0) is 10.2 Å². The molecule has 1 fully saturated rings. The average Bonchev–Trinajstić information content (AvgIpc) is 3.32. The third kappa shape index (κ3) is 5.63. The first-order valence-electron chi connectivity index (χ1n) is 9.96. The van der Waals surface area contributed by atoms with Gasteiger partial charge >= 0.3 is 0 Å². The maximum absolute atomic E-state index is 12.4. The van der Waals surface area contributed by atoms with Gasteiger partial charge in [0, 0.05) is 25.3 Å². The number of likely N-dealkylation sites (N-methyl/N-ethyl adjacent to an activating group) is 1. The molecule has 1 unspecified atom stereocenters. The SMILES string of the molecule is CN(CC(=O)Nc1ccc(C(C)(C)C)cc1)CC1CCN(C(=O)c2cn[nH]n2)C1.